The van der Waals surface area contributed by atoms with Crippen molar-refractivity contribution in [1.82, 2.24) is 5.32 Å². The van der Waals surface area contributed by atoms with Crippen molar-refractivity contribution in [1.29, 1.82) is 0 Å². The molecule has 7 heteroatoms. The van der Waals surface area contributed by atoms with Crippen LogP contribution >= 0.6 is 0 Å². The third-order valence-corrected chi connectivity index (χ3v) is 3.84. The molecule has 0 fully saturated rings. The van der Waals surface area contributed by atoms with E-state index >= 15 is 0 Å². The average molecular weight is 335 g/mol. The van der Waals surface area contributed by atoms with E-state index in [0.29, 0.717) is 16.9 Å². The Bertz CT molecular complexity index is 782. The van der Waals surface area contributed by atoms with E-state index < -0.39 is 18.3 Å². The molecule has 24 heavy (non-hydrogen) atoms. The molecule has 1 heterocycles. The first-order chi connectivity index (χ1) is 11.5. The number of aliphatic hydroxyl groups is 2. The predicted molar refractivity (Wildman–Crippen MR) is 88.2 cm³/mol. The van der Waals surface area contributed by atoms with Gasteiger partial charge in [-0.05, 0) is 31.0 Å². The van der Waals surface area contributed by atoms with Crippen LogP contribution in [-0.2, 0) is 11.2 Å². The number of carbonyl (C=O) groups excluding carboxylic acids is 1. The number of ether oxygens (including phenoxy) is 1. The number of hydrogen-bond donors (Lipinski definition) is 3. The fourth-order valence-electron chi connectivity index (χ4n) is 2.41. The summed E-state index contributed by atoms with van der Waals surface area (Å²) >= 11 is 0. The van der Waals surface area contributed by atoms with Crippen molar-refractivity contribution in [2.45, 2.75) is 25.9 Å². The molecule has 2 rings (SSSR count). The van der Waals surface area contributed by atoms with E-state index in [4.69, 9.17) is 14.3 Å². The summed E-state index contributed by atoms with van der Waals surface area (Å²) in [5.74, 6) is 0.288. The first kappa shape index (κ1) is 18.0. The van der Waals surface area contributed by atoms with Crippen molar-refractivity contribution >= 4 is 16.9 Å². The Morgan fingerprint density at radius 1 is 1.42 bits per heavy atom. The van der Waals surface area contributed by atoms with Gasteiger partial charge in [0.2, 0.25) is 5.91 Å². The second-order valence-corrected chi connectivity index (χ2v) is 5.50. The third kappa shape index (κ3) is 4.12. The van der Waals surface area contributed by atoms with Crippen molar-refractivity contribution in [3.63, 3.8) is 0 Å². The van der Waals surface area contributed by atoms with Gasteiger partial charge < -0.3 is 24.7 Å². The molecule has 130 valence electrons. The van der Waals surface area contributed by atoms with Gasteiger partial charge in [0.1, 0.15) is 11.3 Å². The molecule has 1 aromatic carbocycles. The number of nitrogens with one attached hydrogen (secondary N) is 1. The van der Waals surface area contributed by atoms with E-state index in [1.54, 1.807) is 12.1 Å². The van der Waals surface area contributed by atoms with E-state index in [1.807, 2.05) is 13.0 Å². The summed E-state index contributed by atoms with van der Waals surface area (Å²) in [4.78, 5) is 23.9. The summed E-state index contributed by atoms with van der Waals surface area (Å²) in [7, 11) is 1.53. The number of carbonyl (C=O) groups is 1. The summed E-state index contributed by atoms with van der Waals surface area (Å²) in [6.45, 7) is 1.37. The topological polar surface area (TPSA) is 109 Å². The maximum Gasteiger partial charge on any atom is 0.339 e. The van der Waals surface area contributed by atoms with E-state index in [-0.39, 0.29) is 25.3 Å². The van der Waals surface area contributed by atoms with Crippen LogP contribution < -0.4 is 15.7 Å². The van der Waals surface area contributed by atoms with E-state index in [1.165, 1.54) is 7.11 Å². The van der Waals surface area contributed by atoms with Gasteiger partial charge in [0, 0.05) is 30.0 Å². The molecule has 0 spiro atoms. The van der Waals surface area contributed by atoms with Gasteiger partial charge in [0.05, 0.1) is 19.8 Å². The highest BCUT2D eigenvalue weighted by Crippen LogP contribution is 2.24. The molecule has 1 amide bonds. The van der Waals surface area contributed by atoms with Crippen molar-refractivity contribution in [2.24, 2.45) is 0 Å². The molecular formula is C17H21NO6. The smallest absolute Gasteiger partial charge is 0.339 e. The first-order valence-electron chi connectivity index (χ1n) is 7.62. The molecule has 2 aromatic rings. The fraction of sp³-hybridized carbons (Fsp3) is 0.412. The largest absolute Gasteiger partial charge is 0.497 e. The first-order valence-corrected chi connectivity index (χ1v) is 7.62. The highest BCUT2D eigenvalue weighted by atomic mass is 16.5. The monoisotopic (exact) mass is 335 g/mol. The summed E-state index contributed by atoms with van der Waals surface area (Å²) in [5, 5.41) is 21.2. The minimum absolute atomic E-state index is 0.0273. The lowest BCUT2D eigenvalue weighted by molar-refractivity contribution is -0.121. The molecule has 0 radical (unpaired) electrons. The molecule has 0 aliphatic heterocycles. The summed E-state index contributed by atoms with van der Waals surface area (Å²) in [5.41, 5.74) is 1.19. The minimum atomic E-state index is -0.989. The minimum Gasteiger partial charge on any atom is -0.497 e. The number of aryl methyl sites for hydroxylation is 1. The number of fused-ring (bicyclic) bond motifs is 1. The highest BCUT2D eigenvalue weighted by Gasteiger charge is 2.14. The van der Waals surface area contributed by atoms with Crippen molar-refractivity contribution in [3.05, 3.63) is 39.7 Å². The number of rotatable bonds is 7. The average Bonchev–Trinajstić information content (AvgIpc) is 2.58. The Labute approximate surface area is 138 Å². The Balaban J connectivity index is 2.15. The third-order valence-electron chi connectivity index (χ3n) is 3.84. The number of benzene rings is 1. The van der Waals surface area contributed by atoms with Gasteiger partial charge in [0.15, 0.2) is 0 Å². The zero-order valence-electron chi connectivity index (χ0n) is 13.7. The van der Waals surface area contributed by atoms with E-state index in [9.17, 15) is 14.7 Å². The molecule has 7 nitrogen and oxygen atoms in total. The van der Waals surface area contributed by atoms with Crippen LogP contribution in [0.15, 0.2) is 27.4 Å². The SMILES string of the molecule is COc1ccc2c(C)c(CCC(=O)NC[C@@H](O)CO)c(=O)oc2c1. The molecule has 0 bridgehead atoms. The second-order valence-electron chi connectivity index (χ2n) is 5.50. The lowest BCUT2D eigenvalue weighted by atomic mass is 10.0. The number of amides is 1. The molecular weight excluding hydrogens is 314 g/mol. The van der Waals surface area contributed by atoms with Crippen LogP contribution in [0.5, 0.6) is 5.75 Å². The van der Waals surface area contributed by atoms with Gasteiger partial charge in [-0.3, -0.25) is 4.79 Å². The molecule has 0 saturated carbocycles. The maximum atomic E-state index is 12.2. The van der Waals surface area contributed by atoms with Gasteiger partial charge >= 0.3 is 5.63 Å². The molecule has 3 N–H and O–H groups in total. The van der Waals surface area contributed by atoms with Gasteiger partial charge in [-0.1, -0.05) is 0 Å². The second kappa shape index (κ2) is 7.94. The highest BCUT2D eigenvalue weighted by molar-refractivity contribution is 5.82. The van der Waals surface area contributed by atoms with Crippen LogP contribution in [0.4, 0.5) is 0 Å². The molecule has 0 aliphatic rings. The Kier molecular flexibility index (Phi) is 5.94. The van der Waals surface area contributed by atoms with Crippen LogP contribution in [0.3, 0.4) is 0 Å². The molecule has 0 aliphatic carbocycles. The van der Waals surface area contributed by atoms with E-state index in [0.717, 1.165) is 10.9 Å². The maximum absolute atomic E-state index is 12.2. The lowest BCUT2D eigenvalue weighted by Gasteiger charge is -2.10. The quantitative estimate of drug-likeness (QED) is 0.636. The summed E-state index contributed by atoms with van der Waals surface area (Å²) in [6, 6.07) is 5.24. The van der Waals surface area contributed by atoms with Crippen molar-refractivity contribution in [3.8, 4) is 5.75 Å². The van der Waals surface area contributed by atoms with Gasteiger partial charge in [-0.25, -0.2) is 4.79 Å². The molecule has 1 aromatic heterocycles. The molecule has 0 unspecified atom stereocenters. The summed E-state index contributed by atoms with van der Waals surface area (Å²) in [6.07, 6.45) is -0.667. The molecule has 0 saturated heterocycles. The van der Waals surface area contributed by atoms with E-state index in [2.05, 4.69) is 5.32 Å². The zero-order valence-corrected chi connectivity index (χ0v) is 13.7. The predicted octanol–water partition coefficient (Wildman–Crippen LogP) is 0.512. The standard InChI is InChI=1S/C17H21NO6/c1-10-13-4-3-12(23-2)7-15(13)24-17(22)14(10)5-6-16(21)18-8-11(20)9-19/h3-4,7,11,19-20H,5-6,8-9H2,1-2H3,(H,18,21)/t11-/m1/s1. The molecule has 1 atom stereocenters. The van der Waals surface area contributed by atoms with Crippen LogP contribution in [-0.4, -0.2) is 42.5 Å². The Morgan fingerprint density at radius 2 is 2.17 bits per heavy atom. The number of hydrogen-bond acceptors (Lipinski definition) is 6. The normalized spacial score (nSPS) is 12.2. The van der Waals surface area contributed by atoms with Crippen molar-refractivity contribution in [2.75, 3.05) is 20.3 Å². The van der Waals surface area contributed by atoms with Crippen LogP contribution in [0.25, 0.3) is 11.0 Å². The van der Waals surface area contributed by atoms with Crippen molar-refractivity contribution < 1.29 is 24.2 Å². The zero-order chi connectivity index (χ0) is 17.7. The fourth-order valence-corrected chi connectivity index (χ4v) is 2.41. The van der Waals surface area contributed by atoms with Gasteiger partial charge in [0.25, 0.3) is 0 Å². The van der Waals surface area contributed by atoms with Crippen LogP contribution in [0, 0.1) is 6.92 Å². The summed E-state index contributed by atoms with van der Waals surface area (Å²) < 4.78 is 10.4. The van der Waals surface area contributed by atoms with Crippen LogP contribution in [0.2, 0.25) is 0 Å². The van der Waals surface area contributed by atoms with Gasteiger partial charge in [-0.2, -0.15) is 0 Å². The Hall–Kier alpha value is -2.38. The number of aliphatic hydroxyl groups excluding tert-OH is 2. The lowest BCUT2D eigenvalue weighted by Crippen LogP contribution is -2.34. The number of methoxy groups -OCH3 is 1. The van der Waals surface area contributed by atoms with Crippen LogP contribution in [0.1, 0.15) is 17.5 Å². The Morgan fingerprint density at radius 3 is 2.83 bits per heavy atom. The van der Waals surface area contributed by atoms with Gasteiger partial charge in [-0.15, -0.1) is 0 Å².